The molecule has 3 unspecified atom stereocenters. The zero-order valence-corrected chi connectivity index (χ0v) is 17.9. The summed E-state index contributed by atoms with van der Waals surface area (Å²) in [5.74, 6) is 0. The number of carbonyl (C=O) groups is 1. The summed E-state index contributed by atoms with van der Waals surface area (Å²) < 4.78 is 25.0. The van der Waals surface area contributed by atoms with Gasteiger partial charge >= 0.3 is 6.03 Å². The normalized spacial score (nSPS) is 30.8. The van der Waals surface area contributed by atoms with Crippen molar-refractivity contribution in [1.29, 1.82) is 0 Å². The van der Waals surface area contributed by atoms with Gasteiger partial charge in [-0.25, -0.2) is 17.5 Å². The summed E-state index contributed by atoms with van der Waals surface area (Å²) in [5.41, 5.74) is 1.35. The molecule has 0 aliphatic carbocycles. The zero-order chi connectivity index (χ0) is 20.4. The summed E-state index contributed by atoms with van der Waals surface area (Å²) in [6, 6.07) is 11.5. The standard InChI is InChI=1S/C21H32N4O3S/c1-29(27,28)24-11-5-8-17(15-24)22-21(26)23-18-12-19-9-10-20(13-18)25(19)14-16-6-3-2-4-7-16/h2-4,6-7,17-20H,5,8-15H2,1H3,(H2,22,23,26). The highest BCUT2D eigenvalue weighted by Crippen LogP contribution is 2.36. The topological polar surface area (TPSA) is 81.8 Å². The van der Waals surface area contributed by atoms with Crippen molar-refractivity contribution in [2.45, 2.75) is 69.2 Å². The summed E-state index contributed by atoms with van der Waals surface area (Å²) in [6.45, 7) is 1.90. The minimum Gasteiger partial charge on any atom is -0.335 e. The lowest BCUT2D eigenvalue weighted by molar-refractivity contribution is 0.110. The van der Waals surface area contributed by atoms with E-state index in [9.17, 15) is 13.2 Å². The molecule has 4 rings (SSSR count). The van der Waals surface area contributed by atoms with E-state index in [0.717, 1.165) is 32.2 Å². The number of benzene rings is 1. The molecule has 7 nitrogen and oxygen atoms in total. The van der Waals surface area contributed by atoms with E-state index in [1.54, 1.807) is 0 Å². The van der Waals surface area contributed by atoms with Crippen molar-refractivity contribution in [2.75, 3.05) is 19.3 Å². The summed E-state index contributed by atoms with van der Waals surface area (Å²) in [6.07, 6.45) is 7.19. The van der Waals surface area contributed by atoms with Gasteiger partial charge in [0.15, 0.2) is 0 Å². The van der Waals surface area contributed by atoms with Crippen molar-refractivity contribution in [1.82, 2.24) is 19.8 Å². The maximum Gasteiger partial charge on any atom is 0.315 e. The molecule has 29 heavy (non-hydrogen) atoms. The number of sulfonamides is 1. The Morgan fingerprint density at radius 1 is 1.03 bits per heavy atom. The summed E-state index contributed by atoms with van der Waals surface area (Å²) >= 11 is 0. The quantitative estimate of drug-likeness (QED) is 0.762. The second kappa shape index (κ2) is 8.62. The lowest BCUT2D eigenvalue weighted by atomic mass is 9.96. The van der Waals surface area contributed by atoms with Crippen LogP contribution >= 0.6 is 0 Å². The van der Waals surface area contributed by atoms with Gasteiger partial charge in [0, 0.05) is 43.8 Å². The number of nitrogens with one attached hydrogen (secondary N) is 2. The number of piperidine rings is 2. The second-order valence-electron chi connectivity index (χ2n) is 8.79. The summed E-state index contributed by atoms with van der Waals surface area (Å²) in [5, 5.41) is 6.16. The third kappa shape index (κ3) is 5.10. The van der Waals surface area contributed by atoms with Gasteiger partial charge in [0.1, 0.15) is 0 Å². The van der Waals surface area contributed by atoms with Crippen molar-refractivity contribution in [3.63, 3.8) is 0 Å². The molecule has 3 aliphatic heterocycles. The van der Waals surface area contributed by atoms with Crippen LogP contribution in [0.4, 0.5) is 4.79 Å². The third-order valence-electron chi connectivity index (χ3n) is 6.62. The SMILES string of the molecule is CS(=O)(=O)N1CCCC(NC(=O)NC2CC3CCC(C2)N3Cc2ccccc2)C1. The van der Waals surface area contributed by atoms with E-state index >= 15 is 0 Å². The van der Waals surface area contributed by atoms with E-state index in [1.165, 1.54) is 29.0 Å². The Balaban J connectivity index is 1.27. The Kier molecular flexibility index (Phi) is 6.13. The molecular formula is C21H32N4O3S. The van der Waals surface area contributed by atoms with Gasteiger partial charge in [0.25, 0.3) is 0 Å². The molecule has 3 aliphatic rings. The van der Waals surface area contributed by atoms with Gasteiger partial charge in [-0.2, -0.15) is 0 Å². The molecule has 0 aromatic heterocycles. The van der Waals surface area contributed by atoms with Crippen LogP contribution in [-0.4, -0.2) is 67.2 Å². The van der Waals surface area contributed by atoms with Crippen LogP contribution in [0.1, 0.15) is 44.1 Å². The Labute approximate surface area is 173 Å². The molecule has 3 saturated heterocycles. The average molecular weight is 421 g/mol. The fraction of sp³-hybridized carbons (Fsp3) is 0.667. The number of urea groups is 1. The van der Waals surface area contributed by atoms with Crippen LogP contribution in [0.15, 0.2) is 30.3 Å². The van der Waals surface area contributed by atoms with Crippen LogP contribution < -0.4 is 10.6 Å². The Morgan fingerprint density at radius 2 is 1.69 bits per heavy atom. The number of carbonyl (C=O) groups excluding carboxylic acids is 1. The van der Waals surface area contributed by atoms with Crippen LogP contribution in [-0.2, 0) is 16.6 Å². The highest BCUT2D eigenvalue weighted by Gasteiger charge is 2.41. The molecule has 3 fully saturated rings. The first-order valence-electron chi connectivity index (χ1n) is 10.7. The molecule has 2 bridgehead atoms. The lowest BCUT2D eigenvalue weighted by Gasteiger charge is -2.39. The van der Waals surface area contributed by atoms with Crippen molar-refractivity contribution in [2.24, 2.45) is 0 Å². The third-order valence-corrected chi connectivity index (χ3v) is 7.89. The van der Waals surface area contributed by atoms with Gasteiger partial charge in [0.05, 0.1) is 6.26 Å². The van der Waals surface area contributed by atoms with E-state index in [2.05, 4.69) is 39.8 Å². The van der Waals surface area contributed by atoms with Crippen molar-refractivity contribution in [3.8, 4) is 0 Å². The second-order valence-corrected chi connectivity index (χ2v) is 10.8. The number of rotatable bonds is 5. The molecule has 160 valence electrons. The maximum absolute atomic E-state index is 12.5. The molecule has 2 N–H and O–H groups in total. The molecule has 1 aromatic carbocycles. The predicted molar refractivity (Wildman–Crippen MR) is 113 cm³/mol. The molecule has 1 aromatic rings. The number of hydrogen-bond acceptors (Lipinski definition) is 4. The first-order chi connectivity index (χ1) is 13.9. The van der Waals surface area contributed by atoms with Crippen LogP contribution in [0.2, 0.25) is 0 Å². The Bertz CT molecular complexity index is 802. The van der Waals surface area contributed by atoms with E-state index in [0.29, 0.717) is 25.2 Å². The molecule has 0 spiro atoms. The highest BCUT2D eigenvalue weighted by atomic mass is 32.2. The fourth-order valence-electron chi connectivity index (χ4n) is 5.22. The van der Waals surface area contributed by atoms with Crippen molar-refractivity contribution in [3.05, 3.63) is 35.9 Å². The van der Waals surface area contributed by atoms with Crippen LogP contribution in [0, 0.1) is 0 Å². The first-order valence-corrected chi connectivity index (χ1v) is 12.5. The molecule has 3 atom stereocenters. The molecule has 2 amide bonds. The maximum atomic E-state index is 12.5. The van der Waals surface area contributed by atoms with Crippen LogP contribution in [0.5, 0.6) is 0 Å². The van der Waals surface area contributed by atoms with Gasteiger partial charge in [0.2, 0.25) is 10.0 Å². The Hall–Kier alpha value is -1.64. The largest absolute Gasteiger partial charge is 0.335 e. The van der Waals surface area contributed by atoms with Gasteiger partial charge in [-0.3, -0.25) is 4.90 Å². The summed E-state index contributed by atoms with van der Waals surface area (Å²) in [4.78, 5) is 15.1. The smallest absolute Gasteiger partial charge is 0.315 e. The van der Waals surface area contributed by atoms with Gasteiger partial charge < -0.3 is 10.6 Å². The van der Waals surface area contributed by atoms with E-state index in [-0.39, 0.29) is 18.1 Å². The molecule has 0 radical (unpaired) electrons. The number of hydrogen-bond donors (Lipinski definition) is 2. The lowest BCUT2D eigenvalue weighted by Crippen LogP contribution is -2.55. The number of amides is 2. The number of nitrogens with zero attached hydrogens (tertiary/aromatic N) is 2. The van der Waals surface area contributed by atoms with E-state index in [4.69, 9.17) is 0 Å². The minimum absolute atomic E-state index is 0.117. The van der Waals surface area contributed by atoms with Crippen LogP contribution in [0.3, 0.4) is 0 Å². The number of fused-ring (bicyclic) bond motifs is 2. The molecule has 8 heteroatoms. The molecule has 0 saturated carbocycles. The minimum atomic E-state index is -3.20. The van der Waals surface area contributed by atoms with Crippen molar-refractivity contribution < 1.29 is 13.2 Å². The van der Waals surface area contributed by atoms with Gasteiger partial charge in [-0.05, 0) is 44.1 Å². The predicted octanol–water partition coefficient (Wildman–Crippen LogP) is 1.91. The zero-order valence-electron chi connectivity index (χ0n) is 17.1. The average Bonchev–Trinajstić information content (AvgIpc) is 2.91. The molecule has 3 heterocycles. The summed E-state index contributed by atoms with van der Waals surface area (Å²) in [7, 11) is -3.20. The van der Waals surface area contributed by atoms with E-state index < -0.39 is 10.0 Å². The van der Waals surface area contributed by atoms with Crippen molar-refractivity contribution >= 4 is 16.1 Å². The van der Waals surface area contributed by atoms with Crippen LogP contribution in [0.25, 0.3) is 0 Å². The van der Waals surface area contributed by atoms with Gasteiger partial charge in [-0.15, -0.1) is 0 Å². The molecular weight excluding hydrogens is 388 g/mol. The first kappa shape index (κ1) is 20.6. The fourth-order valence-corrected chi connectivity index (χ4v) is 6.13. The van der Waals surface area contributed by atoms with Gasteiger partial charge in [-0.1, -0.05) is 30.3 Å². The Morgan fingerprint density at radius 3 is 2.34 bits per heavy atom. The van der Waals surface area contributed by atoms with E-state index in [1.807, 2.05) is 6.07 Å². The highest BCUT2D eigenvalue weighted by molar-refractivity contribution is 7.88. The monoisotopic (exact) mass is 420 g/mol.